The van der Waals surface area contributed by atoms with Gasteiger partial charge in [-0.3, -0.25) is 4.79 Å². The van der Waals surface area contributed by atoms with Crippen LogP contribution in [0.25, 0.3) is 0 Å². The average Bonchev–Trinajstić information content (AvgIpc) is 2.73. The smallest absolute Gasteiger partial charge is 0.302 e. The molecule has 2 heteroatoms. The van der Waals surface area contributed by atoms with E-state index >= 15 is 0 Å². The molecule has 0 aromatic carbocycles. The normalized spacial score (nSPS) is 51.1. The first-order valence-electron chi connectivity index (χ1n) is 14.5. The van der Waals surface area contributed by atoms with Crippen LogP contribution in [-0.4, -0.2) is 12.1 Å². The third kappa shape index (κ3) is 3.21. The zero-order valence-electron chi connectivity index (χ0n) is 23.8. The van der Waals surface area contributed by atoms with Crippen LogP contribution >= 0.6 is 0 Å². The van der Waals surface area contributed by atoms with Gasteiger partial charge >= 0.3 is 5.97 Å². The fraction of sp³-hybridized carbons (Fsp3) is 0.906. The van der Waals surface area contributed by atoms with Gasteiger partial charge < -0.3 is 4.74 Å². The molecular weight excluding hydrogens is 416 g/mol. The molecular formula is C32H52O2. The molecule has 0 amide bonds. The molecule has 0 N–H and O–H groups in total. The van der Waals surface area contributed by atoms with Crippen LogP contribution in [0.2, 0.25) is 0 Å². The molecule has 0 bridgehead atoms. The SMILES string of the molecule is CC(=O)O[C@@H]1CC[C@@H]2C(=CC[C@@H]3[C@@]2(C)CC[C@]2(C)[C@H]4CC(C)(C)CC[C@@]4(C)CC[C@@]32C)C1(C)C. The van der Waals surface area contributed by atoms with Crippen LogP contribution in [0.1, 0.15) is 127 Å². The van der Waals surface area contributed by atoms with Gasteiger partial charge in [-0.1, -0.05) is 67.0 Å². The van der Waals surface area contributed by atoms with E-state index in [1.807, 2.05) is 0 Å². The van der Waals surface area contributed by atoms with Gasteiger partial charge in [0.2, 0.25) is 0 Å². The number of carbonyl (C=O) groups is 1. The Labute approximate surface area is 210 Å². The molecule has 0 saturated heterocycles. The first kappa shape index (κ1) is 24.9. The standard InChI is InChI=1S/C32H52O2/c1-21(33)34-26-13-11-23-22(28(26,4)5)10-12-24-30(23,7)17-19-32(9)25-20-27(2,3)14-15-29(25,6)16-18-31(24,32)8/h10,23-26H,11-20H2,1-9H3/t23-,24-,25+,26-,29+,30+,31+,32-/m1/s1. The maximum absolute atomic E-state index is 11.8. The highest BCUT2D eigenvalue weighted by Crippen LogP contribution is 2.77. The van der Waals surface area contributed by atoms with Gasteiger partial charge in [-0.25, -0.2) is 0 Å². The highest BCUT2D eigenvalue weighted by atomic mass is 16.5. The Balaban J connectivity index is 1.52. The summed E-state index contributed by atoms with van der Waals surface area (Å²) in [7, 11) is 0. The summed E-state index contributed by atoms with van der Waals surface area (Å²) in [5.41, 5.74) is 3.81. The topological polar surface area (TPSA) is 26.3 Å². The molecule has 5 rings (SSSR count). The van der Waals surface area contributed by atoms with Crippen molar-refractivity contribution in [2.45, 2.75) is 133 Å². The largest absolute Gasteiger partial charge is 0.462 e. The number of allylic oxidation sites excluding steroid dienone is 1. The molecule has 0 heterocycles. The average molecular weight is 469 g/mol. The highest BCUT2D eigenvalue weighted by molar-refractivity contribution is 5.66. The number of ether oxygens (including phenoxy) is 1. The second-order valence-electron chi connectivity index (χ2n) is 15.8. The van der Waals surface area contributed by atoms with Gasteiger partial charge in [0.05, 0.1) is 0 Å². The number of hydrogen-bond donors (Lipinski definition) is 0. The third-order valence-corrected chi connectivity index (χ3v) is 13.3. The number of carbonyl (C=O) groups excluding carboxylic acids is 1. The van der Waals surface area contributed by atoms with Gasteiger partial charge in [-0.2, -0.15) is 0 Å². The maximum atomic E-state index is 11.8. The number of hydrogen-bond acceptors (Lipinski definition) is 2. The van der Waals surface area contributed by atoms with E-state index in [1.54, 1.807) is 12.5 Å². The molecule has 0 aliphatic heterocycles. The Kier molecular flexibility index (Phi) is 5.40. The van der Waals surface area contributed by atoms with Crippen LogP contribution in [0, 0.1) is 50.2 Å². The van der Waals surface area contributed by atoms with Gasteiger partial charge in [0.1, 0.15) is 6.10 Å². The lowest BCUT2D eigenvalue weighted by molar-refractivity contribution is -0.231. The van der Waals surface area contributed by atoms with Gasteiger partial charge in [0, 0.05) is 12.3 Å². The van der Waals surface area contributed by atoms with Crippen molar-refractivity contribution in [1.82, 2.24) is 0 Å². The van der Waals surface area contributed by atoms with E-state index in [1.165, 1.54) is 57.8 Å². The summed E-state index contributed by atoms with van der Waals surface area (Å²) in [6.07, 6.45) is 15.9. The van der Waals surface area contributed by atoms with Crippen molar-refractivity contribution < 1.29 is 9.53 Å². The Bertz CT molecular complexity index is 897. The van der Waals surface area contributed by atoms with Crippen LogP contribution in [0.4, 0.5) is 0 Å². The molecule has 0 radical (unpaired) electrons. The monoisotopic (exact) mass is 468 g/mol. The van der Waals surface area contributed by atoms with Gasteiger partial charge in [0.25, 0.3) is 0 Å². The van der Waals surface area contributed by atoms with E-state index in [-0.39, 0.29) is 17.5 Å². The van der Waals surface area contributed by atoms with Gasteiger partial charge in [-0.05, 0) is 109 Å². The van der Waals surface area contributed by atoms with Crippen LogP contribution in [0.5, 0.6) is 0 Å². The first-order valence-corrected chi connectivity index (χ1v) is 14.5. The van der Waals surface area contributed by atoms with Crippen molar-refractivity contribution in [2.24, 2.45) is 50.2 Å². The van der Waals surface area contributed by atoms with E-state index in [2.05, 4.69) is 61.5 Å². The lowest BCUT2D eigenvalue weighted by atomic mass is 9.31. The molecule has 0 spiro atoms. The summed E-state index contributed by atoms with van der Waals surface area (Å²) in [5, 5.41) is 0. The van der Waals surface area contributed by atoms with Crippen LogP contribution in [0.3, 0.4) is 0 Å². The van der Waals surface area contributed by atoms with Crippen molar-refractivity contribution in [2.75, 3.05) is 0 Å². The molecule has 5 aliphatic carbocycles. The van der Waals surface area contributed by atoms with Crippen molar-refractivity contribution in [1.29, 1.82) is 0 Å². The quantitative estimate of drug-likeness (QED) is 0.284. The first-order chi connectivity index (χ1) is 15.6. The lowest BCUT2D eigenvalue weighted by Gasteiger charge is -2.73. The molecule has 4 saturated carbocycles. The summed E-state index contributed by atoms with van der Waals surface area (Å²) in [6, 6.07) is 0. The Morgan fingerprint density at radius 3 is 2.12 bits per heavy atom. The lowest BCUT2D eigenvalue weighted by Crippen LogP contribution is -2.65. The fourth-order valence-corrected chi connectivity index (χ4v) is 10.8. The van der Waals surface area contributed by atoms with E-state index < -0.39 is 0 Å². The van der Waals surface area contributed by atoms with Crippen molar-refractivity contribution in [3.8, 4) is 0 Å². The van der Waals surface area contributed by atoms with Crippen molar-refractivity contribution >= 4 is 5.97 Å². The molecule has 192 valence electrons. The summed E-state index contributed by atoms with van der Waals surface area (Å²) < 4.78 is 5.86. The molecule has 2 nitrogen and oxygen atoms in total. The third-order valence-electron chi connectivity index (χ3n) is 13.3. The number of rotatable bonds is 1. The highest BCUT2D eigenvalue weighted by Gasteiger charge is 2.69. The zero-order chi connectivity index (χ0) is 24.9. The molecule has 4 fully saturated rings. The minimum Gasteiger partial charge on any atom is -0.462 e. The number of esters is 1. The maximum Gasteiger partial charge on any atom is 0.302 e. The van der Waals surface area contributed by atoms with E-state index in [0.717, 1.165) is 18.3 Å². The second-order valence-corrected chi connectivity index (χ2v) is 15.8. The Morgan fingerprint density at radius 1 is 0.824 bits per heavy atom. The summed E-state index contributed by atoms with van der Waals surface area (Å²) >= 11 is 0. The summed E-state index contributed by atoms with van der Waals surface area (Å²) in [6.45, 7) is 22.1. The molecule has 8 atom stereocenters. The van der Waals surface area contributed by atoms with Gasteiger partial charge in [-0.15, -0.1) is 0 Å². The predicted octanol–water partition coefficient (Wildman–Crippen LogP) is 8.74. The van der Waals surface area contributed by atoms with E-state index in [4.69, 9.17) is 4.74 Å². The molecule has 0 aromatic heterocycles. The van der Waals surface area contributed by atoms with E-state index in [9.17, 15) is 4.79 Å². The Hall–Kier alpha value is -0.790. The number of fused-ring (bicyclic) bond motifs is 7. The molecule has 0 aromatic rings. The predicted molar refractivity (Wildman–Crippen MR) is 140 cm³/mol. The fourth-order valence-electron chi connectivity index (χ4n) is 10.8. The van der Waals surface area contributed by atoms with E-state index in [0.29, 0.717) is 33.0 Å². The summed E-state index contributed by atoms with van der Waals surface area (Å²) in [5.74, 6) is 2.14. The zero-order valence-corrected chi connectivity index (χ0v) is 23.8. The van der Waals surface area contributed by atoms with Crippen molar-refractivity contribution in [3.63, 3.8) is 0 Å². The summed E-state index contributed by atoms with van der Waals surface area (Å²) in [4.78, 5) is 11.8. The molecule has 5 aliphatic rings. The minimum absolute atomic E-state index is 0.0250. The van der Waals surface area contributed by atoms with Crippen LogP contribution in [-0.2, 0) is 9.53 Å². The molecule has 0 unspecified atom stereocenters. The van der Waals surface area contributed by atoms with Crippen LogP contribution < -0.4 is 0 Å². The van der Waals surface area contributed by atoms with Gasteiger partial charge in [0.15, 0.2) is 0 Å². The van der Waals surface area contributed by atoms with Crippen LogP contribution in [0.15, 0.2) is 11.6 Å². The molecule has 34 heavy (non-hydrogen) atoms. The Morgan fingerprint density at radius 2 is 1.44 bits per heavy atom. The second kappa shape index (κ2) is 7.38. The van der Waals surface area contributed by atoms with Crippen molar-refractivity contribution in [3.05, 3.63) is 11.6 Å². The minimum atomic E-state index is -0.126.